The van der Waals surface area contributed by atoms with Gasteiger partial charge >= 0.3 is 6.09 Å². The van der Waals surface area contributed by atoms with E-state index in [1.165, 1.54) is 6.08 Å². The first-order valence-electron chi connectivity index (χ1n) is 15.7. The fraction of sp³-hybridized carbons (Fsp3) is 0.417. The molecule has 238 valence electrons. The summed E-state index contributed by atoms with van der Waals surface area (Å²) in [5.74, 6) is -0.401. The highest BCUT2D eigenvalue weighted by molar-refractivity contribution is 5.68. The second kappa shape index (κ2) is 14.7. The van der Waals surface area contributed by atoms with Crippen molar-refractivity contribution in [3.05, 3.63) is 108 Å². The number of amides is 1. The Morgan fingerprint density at radius 2 is 1.69 bits per heavy atom. The van der Waals surface area contributed by atoms with Gasteiger partial charge in [0.25, 0.3) is 0 Å². The molecule has 2 N–H and O–H groups in total. The number of likely N-dealkylation sites (tertiary alicyclic amines) is 1. The second-order valence-corrected chi connectivity index (χ2v) is 11.8. The number of piperidine rings is 1. The van der Waals surface area contributed by atoms with Crippen LogP contribution in [0.3, 0.4) is 0 Å². The summed E-state index contributed by atoms with van der Waals surface area (Å²) in [4.78, 5) is 14.3. The Labute approximate surface area is 264 Å². The van der Waals surface area contributed by atoms with Gasteiger partial charge in [-0.25, -0.2) is 4.79 Å². The van der Waals surface area contributed by atoms with Gasteiger partial charge in [0.1, 0.15) is 6.61 Å². The van der Waals surface area contributed by atoms with Crippen molar-refractivity contribution in [3.8, 4) is 11.1 Å². The van der Waals surface area contributed by atoms with Gasteiger partial charge in [-0.2, -0.15) is 0 Å². The van der Waals surface area contributed by atoms with E-state index in [9.17, 15) is 9.90 Å². The maximum atomic E-state index is 11.8. The third-order valence-electron chi connectivity index (χ3n) is 8.72. The standard InChI is InChI=1S/C36H42N2O7/c1-2-18-41-35(40)37-23-27-4-3-5-31(21-27)28-10-12-30(13-11-28)34-44-32(22-33(45-34)29-8-6-26(25-39)7-9-29)24-38-16-14-36(15-17-38)42-19-20-43-36/h2-13,21,32-34,39H,1,14-20,22-25H2,(H,37,40)/t32-,33+,34+/m1/s1. The SMILES string of the molecule is C=CCOC(=O)NCc1cccc(-c2ccc([C@H]3O[C@@H](CN4CCC5(CC4)OCCO5)C[C@@H](c4ccc(CO)cc4)O3)cc2)c1. The molecule has 45 heavy (non-hydrogen) atoms. The third-order valence-corrected chi connectivity index (χ3v) is 8.72. The van der Waals surface area contributed by atoms with E-state index in [4.69, 9.17) is 23.7 Å². The van der Waals surface area contributed by atoms with Crippen molar-refractivity contribution in [2.24, 2.45) is 0 Å². The number of aliphatic hydroxyl groups is 1. The highest BCUT2D eigenvalue weighted by atomic mass is 16.7. The summed E-state index contributed by atoms with van der Waals surface area (Å²) >= 11 is 0. The predicted molar refractivity (Wildman–Crippen MR) is 169 cm³/mol. The van der Waals surface area contributed by atoms with Gasteiger partial charge in [0, 0.05) is 51.0 Å². The molecule has 3 aliphatic heterocycles. The number of nitrogens with zero attached hydrogens (tertiary/aromatic N) is 1. The predicted octanol–water partition coefficient (Wildman–Crippen LogP) is 5.64. The molecule has 1 amide bonds. The van der Waals surface area contributed by atoms with Gasteiger partial charge in [-0.1, -0.05) is 79.4 Å². The fourth-order valence-corrected chi connectivity index (χ4v) is 6.24. The number of benzene rings is 3. The summed E-state index contributed by atoms with van der Waals surface area (Å²) in [7, 11) is 0. The van der Waals surface area contributed by atoms with Crippen molar-refractivity contribution < 1.29 is 33.6 Å². The minimum Gasteiger partial charge on any atom is -0.445 e. The van der Waals surface area contributed by atoms with E-state index in [1.54, 1.807) is 0 Å². The van der Waals surface area contributed by atoms with Crippen molar-refractivity contribution in [1.29, 1.82) is 0 Å². The molecule has 3 fully saturated rings. The lowest BCUT2D eigenvalue weighted by atomic mass is 9.98. The van der Waals surface area contributed by atoms with Crippen LogP contribution in [0.4, 0.5) is 4.79 Å². The molecule has 9 nitrogen and oxygen atoms in total. The van der Waals surface area contributed by atoms with Crippen LogP contribution in [0.25, 0.3) is 11.1 Å². The zero-order valence-electron chi connectivity index (χ0n) is 25.6. The number of ether oxygens (including phenoxy) is 5. The Morgan fingerprint density at radius 3 is 2.40 bits per heavy atom. The third kappa shape index (κ3) is 7.99. The molecule has 3 heterocycles. The van der Waals surface area contributed by atoms with E-state index in [1.807, 2.05) is 36.4 Å². The molecule has 9 heteroatoms. The molecule has 3 saturated heterocycles. The molecule has 3 aromatic carbocycles. The maximum absolute atomic E-state index is 11.8. The zero-order chi connectivity index (χ0) is 31.1. The number of hydrogen-bond donors (Lipinski definition) is 2. The molecular weight excluding hydrogens is 572 g/mol. The first-order valence-corrected chi connectivity index (χ1v) is 15.7. The largest absolute Gasteiger partial charge is 0.445 e. The normalized spacial score (nSPS) is 23.1. The number of nitrogens with one attached hydrogen (secondary N) is 1. The van der Waals surface area contributed by atoms with Crippen LogP contribution in [0, 0.1) is 0 Å². The van der Waals surface area contributed by atoms with Crippen LogP contribution in [0.2, 0.25) is 0 Å². The van der Waals surface area contributed by atoms with Gasteiger partial charge < -0.3 is 39.0 Å². The topological polar surface area (TPSA) is 98.7 Å². The lowest BCUT2D eigenvalue weighted by Crippen LogP contribution is -2.48. The van der Waals surface area contributed by atoms with Crippen molar-refractivity contribution >= 4 is 6.09 Å². The van der Waals surface area contributed by atoms with Crippen molar-refractivity contribution in [3.63, 3.8) is 0 Å². The Kier molecular flexibility index (Phi) is 10.2. The quantitative estimate of drug-likeness (QED) is 0.283. The van der Waals surface area contributed by atoms with Crippen LogP contribution in [0.5, 0.6) is 0 Å². The van der Waals surface area contributed by atoms with E-state index in [0.717, 1.165) is 72.3 Å². The summed E-state index contributed by atoms with van der Waals surface area (Å²) in [5.41, 5.74) is 5.97. The molecule has 0 bridgehead atoms. The zero-order valence-corrected chi connectivity index (χ0v) is 25.6. The van der Waals surface area contributed by atoms with E-state index >= 15 is 0 Å². The van der Waals surface area contributed by atoms with Gasteiger partial charge in [0.15, 0.2) is 12.1 Å². The minimum atomic E-state index is -0.518. The van der Waals surface area contributed by atoms with Crippen LogP contribution in [-0.4, -0.2) is 67.4 Å². The summed E-state index contributed by atoms with van der Waals surface area (Å²) in [5, 5.41) is 12.3. The van der Waals surface area contributed by atoms with Gasteiger partial charge in [-0.15, -0.1) is 0 Å². The molecule has 3 aromatic rings. The van der Waals surface area contributed by atoms with Crippen molar-refractivity contribution in [2.45, 2.75) is 56.7 Å². The molecule has 3 aliphatic rings. The van der Waals surface area contributed by atoms with Crippen LogP contribution < -0.4 is 5.32 Å². The van der Waals surface area contributed by atoms with Gasteiger partial charge in [-0.05, 0) is 33.9 Å². The van der Waals surface area contributed by atoms with Crippen molar-refractivity contribution in [2.75, 3.05) is 39.5 Å². The highest BCUT2D eigenvalue weighted by Crippen LogP contribution is 2.39. The molecule has 0 radical (unpaired) electrons. The number of hydrogen-bond acceptors (Lipinski definition) is 8. The van der Waals surface area contributed by atoms with E-state index in [-0.39, 0.29) is 25.4 Å². The minimum absolute atomic E-state index is 0.0120. The number of rotatable bonds is 10. The Balaban J connectivity index is 1.14. The second-order valence-electron chi connectivity index (χ2n) is 11.8. The molecule has 6 rings (SSSR count). The molecule has 1 spiro atoms. The van der Waals surface area contributed by atoms with Crippen LogP contribution in [-0.2, 0) is 36.8 Å². The smallest absolute Gasteiger partial charge is 0.407 e. The lowest BCUT2D eigenvalue weighted by molar-refractivity contribution is -0.255. The Morgan fingerprint density at radius 1 is 0.956 bits per heavy atom. The van der Waals surface area contributed by atoms with Gasteiger partial charge in [0.2, 0.25) is 0 Å². The van der Waals surface area contributed by atoms with Gasteiger partial charge in [-0.3, -0.25) is 0 Å². The monoisotopic (exact) mass is 614 g/mol. The van der Waals surface area contributed by atoms with Crippen molar-refractivity contribution in [1.82, 2.24) is 10.2 Å². The molecule has 3 atom stereocenters. The number of carbonyl (C=O) groups is 1. The molecular formula is C36H42N2O7. The molecule has 0 aliphatic carbocycles. The summed E-state index contributed by atoms with van der Waals surface area (Å²) in [6, 6.07) is 24.3. The van der Waals surface area contributed by atoms with Crippen LogP contribution in [0.1, 0.15) is 53.9 Å². The molecule has 0 unspecified atom stereocenters. The molecule has 0 aromatic heterocycles. The maximum Gasteiger partial charge on any atom is 0.407 e. The average Bonchev–Trinajstić information content (AvgIpc) is 3.55. The average molecular weight is 615 g/mol. The number of alkyl carbamates (subject to hydrolysis) is 1. The Hall–Kier alpha value is -3.57. The number of aliphatic hydroxyl groups excluding tert-OH is 1. The Bertz CT molecular complexity index is 1410. The highest BCUT2D eigenvalue weighted by Gasteiger charge is 2.41. The van der Waals surface area contributed by atoms with Gasteiger partial charge in [0.05, 0.1) is 32.0 Å². The first-order chi connectivity index (χ1) is 22.0. The molecule has 0 saturated carbocycles. The fourth-order valence-electron chi connectivity index (χ4n) is 6.24. The summed E-state index contributed by atoms with van der Waals surface area (Å²) in [6.45, 7) is 8.08. The summed E-state index contributed by atoms with van der Waals surface area (Å²) in [6.07, 6.45) is 2.86. The van der Waals surface area contributed by atoms with E-state index < -0.39 is 18.2 Å². The van der Waals surface area contributed by atoms with Crippen LogP contribution in [0.15, 0.2) is 85.5 Å². The van der Waals surface area contributed by atoms with E-state index in [0.29, 0.717) is 19.8 Å². The number of carbonyl (C=O) groups excluding carboxylic acids is 1. The summed E-state index contributed by atoms with van der Waals surface area (Å²) < 4.78 is 30.0. The van der Waals surface area contributed by atoms with E-state index in [2.05, 4.69) is 53.2 Å². The lowest BCUT2D eigenvalue weighted by Gasteiger charge is -2.41. The van der Waals surface area contributed by atoms with Crippen LogP contribution >= 0.6 is 0 Å². The first kappa shape index (κ1) is 31.4.